The summed E-state index contributed by atoms with van der Waals surface area (Å²) >= 11 is 3.79. The number of alkyl halides is 1. The topological polar surface area (TPSA) is 17.8 Å². The van der Waals surface area contributed by atoms with Crippen molar-refractivity contribution in [3.05, 3.63) is 48.3 Å². The Kier molecular flexibility index (Phi) is 3.02. The lowest BCUT2D eigenvalue weighted by Gasteiger charge is -2.16. The van der Waals surface area contributed by atoms with Crippen molar-refractivity contribution in [2.45, 2.75) is 30.0 Å². The molecular weight excluding hydrogens is 276 g/mol. The Morgan fingerprint density at radius 3 is 2.65 bits per heavy atom. The van der Waals surface area contributed by atoms with Crippen LogP contribution in [0.5, 0.6) is 0 Å². The molecule has 0 amide bonds. The molecule has 3 heteroatoms. The Hall–Kier alpha value is -1.09. The predicted molar refractivity (Wildman–Crippen MR) is 72.9 cm³/mol. The van der Waals surface area contributed by atoms with Gasteiger partial charge in [0, 0.05) is 22.6 Å². The first-order valence-corrected chi connectivity index (χ1v) is 7.01. The molecule has 1 fully saturated rings. The average molecular weight is 291 g/mol. The number of halogens is 1. The van der Waals surface area contributed by atoms with Crippen molar-refractivity contribution in [2.75, 3.05) is 0 Å². The fourth-order valence-corrected chi connectivity index (χ4v) is 3.49. The van der Waals surface area contributed by atoms with Crippen LogP contribution in [0.4, 0.5) is 0 Å². The van der Waals surface area contributed by atoms with E-state index in [-0.39, 0.29) is 0 Å². The number of rotatable bonds is 2. The third-order valence-corrected chi connectivity index (χ3v) is 4.58. The second kappa shape index (κ2) is 4.65. The predicted octanol–water partition coefficient (Wildman–Crippen LogP) is 3.90. The van der Waals surface area contributed by atoms with Crippen molar-refractivity contribution >= 4 is 15.9 Å². The first-order chi connectivity index (χ1) is 8.36. The van der Waals surface area contributed by atoms with E-state index >= 15 is 0 Å². The first-order valence-electron chi connectivity index (χ1n) is 6.09. The van der Waals surface area contributed by atoms with Crippen LogP contribution in [-0.2, 0) is 0 Å². The van der Waals surface area contributed by atoms with Gasteiger partial charge in [-0.3, -0.25) is 0 Å². The molecule has 2 aromatic rings. The summed E-state index contributed by atoms with van der Waals surface area (Å²) in [5.74, 6) is 0.595. The van der Waals surface area contributed by atoms with Crippen LogP contribution in [0, 0.1) is 0 Å². The average Bonchev–Trinajstić information content (AvgIpc) is 2.98. The Bertz CT molecular complexity index is 492. The molecule has 0 aliphatic heterocycles. The van der Waals surface area contributed by atoms with E-state index in [0.717, 1.165) is 5.69 Å². The Labute approximate surface area is 110 Å². The van der Waals surface area contributed by atoms with Crippen LogP contribution in [0.1, 0.15) is 30.9 Å². The number of benzene rings is 1. The van der Waals surface area contributed by atoms with Gasteiger partial charge < -0.3 is 0 Å². The van der Waals surface area contributed by atoms with Gasteiger partial charge in [-0.1, -0.05) is 40.5 Å². The second-order valence-corrected chi connectivity index (χ2v) is 5.73. The van der Waals surface area contributed by atoms with Gasteiger partial charge in [0.05, 0.1) is 5.69 Å². The number of hydrogen-bond donors (Lipinski definition) is 0. The van der Waals surface area contributed by atoms with Gasteiger partial charge in [-0.2, -0.15) is 5.10 Å². The molecule has 1 aliphatic carbocycles. The summed E-state index contributed by atoms with van der Waals surface area (Å²) in [6, 6.07) is 12.5. The van der Waals surface area contributed by atoms with E-state index in [1.54, 1.807) is 0 Å². The zero-order valence-corrected chi connectivity index (χ0v) is 11.2. The van der Waals surface area contributed by atoms with Crippen molar-refractivity contribution in [3.63, 3.8) is 0 Å². The summed E-state index contributed by atoms with van der Waals surface area (Å²) < 4.78 is 2.07. The van der Waals surface area contributed by atoms with Crippen LogP contribution in [-0.4, -0.2) is 14.6 Å². The van der Waals surface area contributed by atoms with Gasteiger partial charge in [0.1, 0.15) is 0 Å². The molecule has 0 spiro atoms. The standard InChI is InChI=1S/C14H15BrN2/c15-13-8-4-7-12(13)14-9-10-16-17(14)11-5-2-1-3-6-11/h1-3,5-6,9-10,12-13H,4,7-8H2. The van der Waals surface area contributed by atoms with E-state index < -0.39 is 0 Å². The van der Waals surface area contributed by atoms with Gasteiger partial charge >= 0.3 is 0 Å². The molecule has 0 bridgehead atoms. The Balaban J connectivity index is 2.00. The maximum Gasteiger partial charge on any atom is 0.0648 e. The van der Waals surface area contributed by atoms with Crippen molar-refractivity contribution < 1.29 is 0 Å². The summed E-state index contributed by atoms with van der Waals surface area (Å²) in [6.07, 6.45) is 5.74. The fraction of sp³-hybridized carbons (Fsp3) is 0.357. The molecule has 1 heterocycles. The van der Waals surface area contributed by atoms with Crippen molar-refractivity contribution in [1.29, 1.82) is 0 Å². The molecule has 1 aliphatic rings. The van der Waals surface area contributed by atoms with E-state index in [1.807, 2.05) is 12.3 Å². The van der Waals surface area contributed by atoms with Crippen LogP contribution in [0.3, 0.4) is 0 Å². The van der Waals surface area contributed by atoms with E-state index in [1.165, 1.54) is 25.0 Å². The Morgan fingerprint density at radius 2 is 1.94 bits per heavy atom. The largest absolute Gasteiger partial charge is 0.238 e. The molecule has 17 heavy (non-hydrogen) atoms. The number of hydrogen-bond acceptors (Lipinski definition) is 1. The molecule has 2 nitrogen and oxygen atoms in total. The highest BCUT2D eigenvalue weighted by Crippen LogP contribution is 2.39. The maximum atomic E-state index is 4.46. The van der Waals surface area contributed by atoms with Gasteiger partial charge in [-0.05, 0) is 31.0 Å². The summed E-state index contributed by atoms with van der Waals surface area (Å²) in [6.45, 7) is 0. The molecule has 1 aromatic heterocycles. The van der Waals surface area contributed by atoms with E-state index in [4.69, 9.17) is 0 Å². The third-order valence-electron chi connectivity index (χ3n) is 3.48. The van der Waals surface area contributed by atoms with Crippen LogP contribution in [0.2, 0.25) is 0 Å². The quantitative estimate of drug-likeness (QED) is 0.767. The van der Waals surface area contributed by atoms with Crippen LogP contribution in [0.25, 0.3) is 5.69 Å². The third kappa shape index (κ3) is 2.04. The highest BCUT2D eigenvalue weighted by Gasteiger charge is 2.29. The summed E-state index contributed by atoms with van der Waals surface area (Å²) in [7, 11) is 0. The van der Waals surface area contributed by atoms with Crippen LogP contribution >= 0.6 is 15.9 Å². The minimum Gasteiger partial charge on any atom is -0.238 e. The zero-order chi connectivity index (χ0) is 11.7. The minimum atomic E-state index is 0.595. The van der Waals surface area contributed by atoms with Gasteiger partial charge in [0.25, 0.3) is 0 Å². The lowest BCUT2D eigenvalue weighted by atomic mass is 10.0. The van der Waals surface area contributed by atoms with Gasteiger partial charge in [0.15, 0.2) is 0 Å². The Morgan fingerprint density at radius 1 is 1.12 bits per heavy atom. The van der Waals surface area contributed by atoms with Gasteiger partial charge in [-0.15, -0.1) is 0 Å². The molecule has 1 saturated carbocycles. The lowest BCUT2D eigenvalue weighted by Crippen LogP contribution is -2.11. The van der Waals surface area contributed by atoms with Crippen LogP contribution < -0.4 is 0 Å². The number of para-hydroxylation sites is 1. The SMILES string of the molecule is BrC1CCCC1c1ccnn1-c1ccccc1. The summed E-state index contributed by atoms with van der Waals surface area (Å²) in [4.78, 5) is 0.599. The number of nitrogens with zero attached hydrogens (tertiary/aromatic N) is 2. The highest BCUT2D eigenvalue weighted by molar-refractivity contribution is 9.09. The van der Waals surface area contributed by atoms with Crippen molar-refractivity contribution in [2.24, 2.45) is 0 Å². The normalized spacial score (nSPS) is 24.1. The smallest absolute Gasteiger partial charge is 0.0648 e. The van der Waals surface area contributed by atoms with Gasteiger partial charge in [-0.25, -0.2) is 4.68 Å². The fourth-order valence-electron chi connectivity index (χ4n) is 2.63. The summed E-state index contributed by atoms with van der Waals surface area (Å²) in [5, 5.41) is 4.46. The minimum absolute atomic E-state index is 0.595. The van der Waals surface area contributed by atoms with Gasteiger partial charge in [0.2, 0.25) is 0 Å². The molecule has 2 atom stereocenters. The molecule has 2 unspecified atom stereocenters. The molecule has 88 valence electrons. The molecule has 0 N–H and O–H groups in total. The maximum absolute atomic E-state index is 4.46. The second-order valence-electron chi connectivity index (χ2n) is 4.56. The van der Waals surface area contributed by atoms with Crippen molar-refractivity contribution in [3.8, 4) is 5.69 Å². The van der Waals surface area contributed by atoms with E-state index in [9.17, 15) is 0 Å². The lowest BCUT2D eigenvalue weighted by molar-refractivity contribution is 0.669. The molecular formula is C14H15BrN2. The molecule has 1 aromatic carbocycles. The molecule has 3 rings (SSSR count). The molecule has 0 saturated heterocycles. The van der Waals surface area contributed by atoms with Crippen LogP contribution in [0.15, 0.2) is 42.6 Å². The highest BCUT2D eigenvalue weighted by atomic mass is 79.9. The monoisotopic (exact) mass is 290 g/mol. The first kappa shape index (κ1) is 11.0. The molecule has 0 radical (unpaired) electrons. The van der Waals surface area contributed by atoms with Crippen molar-refractivity contribution in [1.82, 2.24) is 9.78 Å². The number of aromatic nitrogens is 2. The van der Waals surface area contributed by atoms with E-state index in [2.05, 4.69) is 56.0 Å². The summed E-state index contributed by atoms with van der Waals surface area (Å²) in [5.41, 5.74) is 2.48. The zero-order valence-electron chi connectivity index (χ0n) is 9.59. The van der Waals surface area contributed by atoms with E-state index in [0.29, 0.717) is 10.7 Å².